The van der Waals surface area contributed by atoms with Crippen LogP contribution in [-0.4, -0.2) is 0 Å². The zero-order valence-electron chi connectivity index (χ0n) is 27.0. The van der Waals surface area contributed by atoms with Gasteiger partial charge in [-0.2, -0.15) is 0 Å². The predicted octanol–water partition coefficient (Wildman–Crippen LogP) is 14.9. The molecule has 0 aliphatic rings. The van der Waals surface area contributed by atoms with E-state index < -0.39 is 0 Å². The van der Waals surface area contributed by atoms with Crippen LogP contribution in [0.4, 0.5) is 0 Å². The van der Waals surface area contributed by atoms with Gasteiger partial charge in [0.2, 0.25) is 0 Å². The molecule has 11 rings (SSSR count). The minimum absolute atomic E-state index is 1.24. The molecule has 0 N–H and O–H groups in total. The number of benzene rings is 9. The van der Waals surface area contributed by atoms with Gasteiger partial charge in [-0.15, -0.1) is 22.7 Å². The second-order valence-corrected chi connectivity index (χ2v) is 15.3. The molecule has 0 atom stereocenters. The number of fused-ring (bicyclic) bond motifs is 11. The minimum atomic E-state index is 1.24. The second kappa shape index (κ2) is 10.9. The van der Waals surface area contributed by atoms with Crippen molar-refractivity contribution in [3.63, 3.8) is 0 Å². The van der Waals surface area contributed by atoms with E-state index in [-0.39, 0.29) is 0 Å². The van der Waals surface area contributed by atoms with Gasteiger partial charge in [0.1, 0.15) is 0 Å². The van der Waals surface area contributed by atoms with Gasteiger partial charge in [0.05, 0.1) is 9.40 Å². The summed E-state index contributed by atoms with van der Waals surface area (Å²) in [5, 5.41) is 13.2. The molecule has 0 radical (unpaired) electrons. The van der Waals surface area contributed by atoms with Crippen LogP contribution in [0.5, 0.6) is 0 Å². The van der Waals surface area contributed by atoms with Gasteiger partial charge in [0, 0.05) is 30.9 Å². The highest BCUT2D eigenvalue weighted by atomic mass is 32.1. The normalized spacial score (nSPS) is 12.0. The molecule has 0 nitrogen and oxygen atoms in total. The van der Waals surface area contributed by atoms with Crippen LogP contribution < -0.4 is 0 Å². The number of hydrogen-bond donors (Lipinski definition) is 0. The van der Waals surface area contributed by atoms with E-state index >= 15 is 0 Å². The van der Waals surface area contributed by atoms with Gasteiger partial charge in [-0.3, -0.25) is 0 Å². The van der Waals surface area contributed by atoms with Crippen LogP contribution in [0.2, 0.25) is 0 Å². The van der Waals surface area contributed by atoms with E-state index in [1.807, 2.05) is 22.7 Å². The minimum Gasteiger partial charge on any atom is -0.134 e. The third-order valence-corrected chi connectivity index (χ3v) is 13.1. The fourth-order valence-electron chi connectivity index (χ4n) is 8.16. The van der Waals surface area contributed by atoms with E-state index in [0.29, 0.717) is 0 Å². The average Bonchev–Trinajstić information content (AvgIpc) is 3.76. The fourth-order valence-corrected chi connectivity index (χ4v) is 10.9. The Morgan fingerprint density at radius 2 is 0.720 bits per heavy atom. The standard InChI is InChI=1S/C48H28S2/c1-2-11-31(12-3-1)44-36-14-6-8-16-38(36)45(39-17-9-7-15-37(39)44)32-20-18-29(19-21-32)33-23-24-35-40-26-27-42-41-25-22-30-10-4-5-13-34(30)46(41)50-48(42)47(40)49-43(35)28-33/h1-28H. The zero-order valence-corrected chi connectivity index (χ0v) is 28.6. The molecule has 0 fully saturated rings. The van der Waals surface area contributed by atoms with Crippen LogP contribution in [0, 0.1) is 0 Å². The Morgan fingerprint density at radius 3 is 1.40 bits per heavy atom. The topological polar surface area (TPSA) is 0 Å². The first kappa shape index (κ1) is 28.1. The molecule has 0 aliphatic heterocycles. The first-order valence-corrected chi connectivity index (χ1v) is 18.7. The highest BCUT2D eigenvalue weighted by molar-refractivity contribution is 7.34. The smallest absolute Gasteiger partial charge is 0.0534 e. The molecule has 0 amide bonds. The molecule has 0 aliphatic carbocycles. The van der Waals surface area contributed by atoms with Gasteiger partial charge < -0.3 is 0 Å². The quantitative estimate of drug-likeness (QED) is 0.164. The van der Waals surface area contributed by atoms with E-state index in [9.17, 15) is 0 Å². The van der Waals surface area contributed by atoms with Crippen LogP contribution >= 0.6 is 22.7 Å². The van der Waals surface area contributed by atoms with Crippen LogP contribution in [0.1, 0.15) is 0 Å². The average molecular weight is 669 g/mol. The Morgan fingerprint density at radius 1 is 0.260 bits per heavy atom. The predicted molar refractivity (Wildman–Crippen MR) is 221 cm³/mol. The summed E-state index contributed by atoms with van der Waals surface area (Å²) in [4.78, 5) is 0. The van der Waals surface area contributed by atoms with Gasteiger partial charge in [0.15, 0.2) is 0 Å². The molecular formula is C48H28S2. The summed E-state index contributed by atoms with van der Waals surface area (Å²) < 4.78 is 5.52. The van der Waals surface area contributed by atoms with Crippen molar-refractivity contribution in [2.45, 2.75) is 0 Å². The Labute approximate surface area is 297 Å². The fraction of sp³-hybridized carbons (Fsp3) is 0. The third-order valence-electron chi connectivity index (χ3n) is 10.5. The van der Waals surface area contributed by atoms with Crippen molar-refractivity contribution in [2.24, 2.45) is 0 Å². The molecule has 0 unspecified atom stereocenters. The first-order chi connectivity index (χ1) is 24.8. The van der Waals surface area contributed by atoms with Gasteiger partial charge in [-0.25, -0.2) is 0 Å². The van der Waals surface area contributed by atoms with Crippen molar-refractivity contribution >= 4 is 95.3 Å². The van der Waals surface area contributed by atoms with E-state index in [4.69, 9.17) is 0 Å². The number of rotatable bonds is 3. The molecule has 50 heavy (non-hydrogen) atoms. The molecular weight excluding hydrogens is 641 g/mol. The number of hydrogen-bond acceptors (Lipinski definition) is 2. The van der Waals surface area contributed by atoms with Crippen molar-refractivity contribution in [1.82, 2.24) is 0 Å². The lowest BCUT2D eigenvalue weighted by Gasteiger charge is -2.18. The van der Waals surface area contributed by atoms with Crippen molar-refractivity contribution in [1.29, 1.82) is 0 Å². The highest BCUT2D eigenvalue weighted by Crippen LogP contribution is 2.47. The Balaban J connectivity index is 1.04. The highest BCUT2D eigenvalue weighted by Gasteiger charge is 2.18. The van der Waals surface area contributed by atoms with Gasteiger partial charge in [-0.1, -0.05) is 164 Å². The molecule has 0 bridgehead atoms. The van der Waals surface area contributed by atoms with Crippen molar-refractivity contribution < 1.29 is 0 Å². The first-order valence-electron chi connectivity index (χ1n) is 17.1. The van der Waals surface area contributed by atoms with E-state index in [1.54, 1.807) is 0 Å². The maximum Gasteiger partial charge on any atom is 0.0534 e. The van der Waals surface area contributed by atoms with Gasteiger partial charge in [-0.05, 0) is 71.8 Å². The summed E-state index contributed by atoms with van der Waals surface area (Å²) in [7, 11) is 0. The monoisotopic (exact) mass is 668 g/mol. The summed E-state index contributed by atoms with van der Waals surface area (Å²) in [6.07, 6.45) is 0. The molecule has 9 aromatic carbocycles. The van der Waals surface area contributed by atoms with Crippen molar-refractivity contribution in [3.05, 3.63) is 170 Å². The molecule has 0 saturated heterocycles. The Hall–Kier alpha value is -5.80. The van der Waals surface area contributed by atoms with Crippen LogP contribution in [0.15, 0.2) is 170 Å². The summed E-state index contributed by atoms with van der Waals surface area (Å²) in [5.74, 6) is 0. The van der Waals surface area contributed by atoms with E-state index in [0.717, 1.165) is 0 Å². The lowest BCUT2D eigenvalue weighted by molar-refractivity contribution is 1.63. The molecule has 0 spiro atoms. The Kier molecular flexibility index (Phi) is 6.09. The van der Waals surface area contributed by atoms with Crippen molar-refractivity contribution in [2.75, 3.05) is 0 Å². The summed E-state index contributed by atoms with van der Waals surface area (Å²) in [6.45, 7) is 0. The lowest BCUT2D eigenvalue weighted by Crippen LogP contribution is -1.90. The summed E-state index contributed by atoms with van der Waals surface area (Å²) in [6, 6.07) is 62.8. The van der Waals surface area contributed by atoms with Crippen molar-refractivity contribution in [3.8, 4) is 33.4 Å². The maximum atomic E-state index is 2.39. The summed E-state index contributed by atoms with van der Waals surface area (Å²) in [5.41, 5.74) is 7.57. The van der Waals surface area contributed by atoms with Crippen LogP contribution in [0.25, 0.3) is 106 Å². The zero-order chi connectivity index (χ0) is 32.8. The van der Waals surface area contributed by atoms with Crippen LogP contribution in [-0.2, 0) is 0 Å². The molecule has 2 heteroatoms. The van der Waals surface area contributed by atoms with E-state index in [2.05, 4.69) is 170 Å². The molecule has 0 saturated carbocycles. The number of thiophene rings is 2. The molecule has 2 aromatic heterocycles. The second-order valence-electron chi connectivity index (χ2n) is 13.2. The molecule has 232 valence electrons. The SMILES string of the molecule is c1ccc(-c2c3ccccc3c(-c3ccc(-c4ccc5c(c4)sc4c5ccc5c6ccc7ccccc7c6sc54)cc3)c3ccccc23)cc1. The Bertz CT molecular complexity index is 3070. The largest absolute Gasteiger partial charge is 0.134 e. The lowest BCUT2D eigenvalue weighted by atomic mass is 9.86. The van der Waals surface area contributed by atoms with Gasteiger partial charge >= 0.3 is 0 Å². The summed E-state index contributed by atoms with van der Waals surface area (Å²) >= 11 is 3.88. The van der Waals surface area contributed by atoms with Crippen LogP contribution in [0.3, 0.4) is 0 Å². The molecule has 2 heterocycles. The van der Waals surface area contributed by atoms with Gasteiger partial charge in [0.25, 0.3) is 0 Å². The maximum absolute atomic E-state index is 2.39. The van der Waals surface area contributed by atoms with E-state index in [1.165, 1.54) is 106 Å². The third kappa shape index (κ3) is 4.10. The molecule has 11 aromatic rings.